The smallest absolute Gasteiger partial charge is 0.178 e. The van der Waals surface area contributed by atoms with Crippen molar-refractivity contribution in [3.63, 3.8) is 0 Å². The Bertz CT molecular complexity index is 365. The van der Waals surface area contributed by atoms with Gasteiger partial charge in [-0.1, -0.05) is 24.3 Å². The van der Waals surface area contributed by atoms with Crippen LogP contribution in [-0.4, -0.2) is 13.2 Å². The number of hydrogen-bond acceptors (Lipinski definition) is 2. The Kier molecular flexibility index (Phi) is 5.30. The maximum Gasteiger partial charge on any atom is 0.178 e. The van der Waals surface area contributed by atoms with Gasteiger partial charge in [-0.3, -0.25) is 0 Å². The minimum Gasteiger partial charge on any atom is -0.199 e. The second-order valence-electron chi connectivity index (χ2n) is 3.12. The molecule has 4 nitrogen and oxygen atoms in total. The molecule has 0 aliphatic heterocycles. The minimum absolute atomic E-state index is 0.393. The van der Waals surface area contributed by atoms with Crippen molar-refractivity contribution in [1.29, 1.82) is 0 Å². The van der Waals surface area contributed by atoms with Crippen LogP contribution in [0.3, 0.4) is 0 Å². The second-order valence-corrected chi connectivity index (χ2v) is 3.12. The molecule has 0 unspecified atom stereocenters. The largest absolute Gasteiger partial charge is 0.199 e. The first kappa shape index (κ1) is 11.9. The molecule has 1 aromatic rings. The molecule has 0 bridgehead atoms. The third-order valence-electron chi connectivity index (χ3n) is 2.17. The predicted octanol–water partition coefficient (Wildman–Crippen LogP) is 2.47. The summed E-state index contributed by atoms with van der Waals surface area (Å²) in [6.07, 6.45) is 1.41. The highest BCUT2D eigenvalue weighted by Crippen LogP contribution is 2.10. The quantitative estimate of drug-likeness (QED) is 0.415. The average molecular weight is 216 g/mol. The lowest BCUT2D eigenvalue weighted by atomic mass is 10.0. The van der Waals surface area contributed by atoms with Crippen molar-refractivity contribution in [3.05, 3.63) is 58.6 Å². The molecular formula is C12H12N2O2. The van der Waals surface area contributed by atoms with Crippen LogP contribution in [-0.2, 0) is 22.5 Å². The molecule has 0 radical (unpaired) electrons. The highest BCUT2D eigenvalue weighted by atomic mass is 16.6. The standard InChI is InChI=1S/C12H12N2O2/c1-13-15-9-7-11-5-3-4-6-12(11)8-10-16-14-2/h3-6H,7-10H2. The number of hydrogen-bond donors (Lipinski definition) is 0. The van der Waals surface area contributed by atoms with E-state index in [9.17, 15) is 0 Å². The Morgan fingerprint density at radius 1 is 0.875 bits per heavy atom. The van der Waals surface area contributed by atoms with Gasteiger partial charge in [0.1, 0.15) is 0 Å². The fraction of sp³-hybridized carbons (Fsp3) is 0.333. The third-order valence-corrected chi connectivity index (χ3v) is 2.17. The molecule has 0 saturated heterocycles. The van der Waals surface area contributed by atoms with Crippen molar-refractivity contribution in [2.45, 2.75) is 12.8 Å². The molecule has 0 N–H and O–H groups in total. The SMILES string of the molecule is [C-]#[N+]OCCc1ccccc1CCO[N+]#[C-]. The monoisotopic (exact) mass is 216 g/mol. The van der Waals surface area contributed by atoms with Crippen molar-refractivity contribution in [1.82, 2.24) is 0 Å². The molecule has 0 aromatic heterocycles. The van der Waals surface area contributed by atoms with Crippen LogP contribution in [0, 0.1) is 13.1 Å². The molecule has 4 heteroatoms. The van der Waals surface area contributed by atoms with Crippen LogP contribution in [0.4, 0.5) is 0 Å². The van der Waals surface area contributed by atoms with Gasteiger partial charge in [0.25, 0.3) is 0 Å². The lowest BCUT2D eigenvalue weighted by Crippen LogP contribution is -2.01. The maximum absolute atomic E-state index is 6.51. The molecule has 82 valence electrons. The third kappa shape index (κ3) is 3.89. The number of benzene rings is 1. The minimum atomic E-state index is 0.393. The van der Waals surface area contributed by atoms with E-state index in [1.165, 1.54) is 0 Å². The van der Waals surface area contributed by atoms with Crippen LogP contribution in [0.1, 0.15) is 11.1 Å². The van der Waals surface area contributed by atoms with E-state index in [0.29, 0.717) is 26.1 Å². The van der Waals surface area contributed by atoms with Gasteiger partial charge < -0.3 is 0 Å². The molecule has 0 aliphatic rings. The molecule has 0 atom stereocenters. The lowest BCUT2D eigenvalue weighted by molar-refractivity contribution is 0.241. The zero-order valence-electron chi connectivity index (χ0n) is 8.85. The highest BCUT2D eigenvalue weighted by Gasteiger charge is 2.03. The Labute approximate surface area is 95.0 Å². The Balaban J connectivity index is 2.54. The van der Waals surface area contributed by atoms with E-state index >= 15 is 0 Å². The zero-order chi connectivity index (χ0) is 11.6. The van der Waals surface area contributed by atoms with E-state index < -0.39 is 0 Å². The van der Waals surface area contributed by atoms with E-state index in [-0.39, 0.29) is 0 Å². The summed E-state index contributed by atoms with van der Waals surface area (Å²) in [6, 6.07) is 7.90. The van der Waals surface area contributed by atoms with Crippen molar-refractivity contribution < 1.29 is 9.68 Å². The molecule has 0 aliphatic carbocycles. The second kappa shape index (κ2) is 7.14. The molecule has 0 spiro atoms. The average Bonchev–Trinajstić information content (AvgIpc) is 2.32. The molecule has 1 rings (SSSR count). The summed E-state index contributed by atoms with van der Waals surface area (Å²) < 4.78 is 0. The van der Waals surface area contributed by atoms with Crippen LogP contribution in [0.2, 0.25) is 0 Å². The van der Waals surface area contributed by atoms with E-state index in [0.717, 1.165) is 11.1 Å². The van der Waals surface area contributed by atoms with Gasteiger partial charge in [-0.05, 0) is 21.1 Å². The lowest BCUT2D eigenvalue weighted by Gasteiger charge is -2.05. The van der Waals surface area contributed by atoms with E-state index in [1.54, 1.807) is 0 Å². The summed E-state index contributed by atoms with van der Waals surface area (Å²) in [4.78, 5) is 9.26. The van der Waals surface area contributed by atoms with Gasteiger partial charge in [0.2, 0.25) is 0 Å². The first-order valence-corrected chi connectivity index (χ1v) is 4.92. The summed E-state index contributed by atoms with van der Waals surface area (Å²) in [5, 5.41) is 5.68. The van der Waals surface area contributed by atoms with Crippen molar-refractivity contribution in [2.75, 3.05) is 13.2 Å². The predicted molar refractivity (Wildman–Crippen MR) is 59.0 cm³/mol. The van der Waals surface area contributed by atoms with E-state index in [4.69, 9.17) is 13.1 Å². The Hall–Kier alpha value is -2.20. The van der Waals surface area contributed by atoms with Crippen LogP contribution in [0.5, 0.6) is 0 Å². The van der Waals surface area contributed by atoms with Crippen LogP contribution in [0.25, 0.3) is 10.0 Å². The summed E-state index contributed by atoms with van der Waals surface area (Å²) in [7, 11) is 0. The Morgan fingerprint density at radius 2 is 1.31 bits per heavy atom. The molecule has 0 heterocycles. The maximum atomic E-state index is 6.51. The summed E-state index contributed by atoms with van der Waals surface area (Å²) in [5.74, 6) is 0. The highest BCUT2D eigenvalue weighted by molar-refractivity contribution is 5.27. The molecule has 1 aromatic carbocycles. The molecule has 0 fully saturated rings. The molecule has 0 amide bonds. The normalized spacial score (nSPS) is 8.88. The van der Waals surface area contributed by atoms with Gasteiger partial charge in [-0.15, -0.1) is 0 Å². The first-order chi connectivity index (χ1) is 7.88. The van der Waals surface area contributed by atoms with Crippen molar-refractivity contribution >= 4 is 0 Å². The van der Waals surface area contributed by atoms with Gasteiger partial charge >= 0.3 is 0 Å². The number of nitrogens with zero attached hydrogens (tertiary/aromatic N) is 2. The molecule has 0 saturated carbocycles. The Morgan fingerprint density at radius 3 is 1.69 bits per heavy atom. The van der Waals surface area contributed by atoms with Gasteiger partial charge in [-0.2, -0.15) is 22.8 Å². The van der Waals surface area contributed by atoms with Gasteiger partial charge in [0.05, 0.1) is 0 Å². The van der Waals surface area contributed by atoms with E-state index in [1.807, 2.05) is 24.3 Å². The van der Waals surface area contributed by atoms with Crippen molar-refractivity contribution in [3.8, 4) is 0 Å². The first-order valence-electron chi connectivity index (χ1n) is 4.92. The number of rotatable bonds is 6. The summed E-state index contributed by atoms with van der Waals surface area (Å²) in [6.45, 7) is 13.8. The summed E-state index contributed by atoms with van der Waals surface area (Å²) in [5.41, 5.74) is 2.28. The van der Waals surface area contributed by atoms with Crippen LogP contribution in [0.15, 0.2) is 24.3 Å². The fourth-order valence-corrected chi connectivity index (χ4v) is 1.45. The van der Waals surface area contributed by atoms with Gasteiger partial charge in [0, 0.05) is 12.8 Å². The zero-order valence-corrected chi connectivity index (χ0v) is 8.85. The van der Waals surface area contributed by atoms with Crippen LogP contribution >= 0.6 is 0 Å². The molecule has 16 heavy (non-hydrogen) atoms. The van der Waals surface area contributed by atoms with E-state index in [2.05, 4.69) is 19.7 Å². The van der Waals surface area contributed by atoms with Crippen LogP contribution < -0.4 is 0 Å². The van der Waals surface area contributed by atoms with Gasteiger partial charge in [0.15, 0.2) is 13.2 Å². The summed E-state index contributed by atoms with van der Waals surface area (Å²) >= 11 is 0. The molecular weight excluding hydrogens is 204 g/mol. The van der Waals surface area contributed by atoms with Gasteiger partial charge in [-0.25, -0.2) is 0 Å². The topological polar surface area (TPSA) is 27.2 Å². The van der Waals surface area contributed by atoms with Crippen molar-refractivity contribution in [2.24, 2.45) is 0 Å². The fourth-order valence-electron chi connectivity index (χ4n) is 1.45.